The van der Waals surface area contributed by atoms with E-state index in [2.05, 4.69) is 32.7 Å². The van der Waals surface area contributed by atoms with Gasteiger partial charge in [0, 0.05) is 18.9 Å². The van der Waals surface area contributed by atoms with Gasteiger partial charge in [-0.2, -0.15) is 0 Å². The Kier molecular flexibility index (Phi) is 28.0. The lowest BCUT2D eigenvalue weighted by Crippen LogP contribution is -2.28. The zero-order valence-corrected chi connectivity index (χ0v) is 30.1. The molecule has 3 unspecified atom stereocenters. The summed E-state index contributed by atoms with van der Waals surface area (Å²) in [6, 6.07) is 0. The van der Waals surface area contributed by atoms with Crippen LogP contribution in [0, 0.1) is 17.8 Å². The van der Waals surface area contributed by atoms with E-state index in [1.165, 1.54) is 135 Å². The van der Waals surface area contributed by atoms with E-state index in [0.717, 1.165) is 44.7 Å². The zero-order chi connectivity index (χ0) is 32.1. The summed E-state index contributed by atoms with van der Waals surface area (Å²) < 4.78 is 11.7. The van der Waals surface area contributed by atoms with Crippen LogP contribution in [0.15, 0.2) is 0 Å². The Bertz CT molecular complexity index is 619. The first-order valence-corrected chi connectivity index (χ1v) is 19.6. The molecule has 0 spiro atoms. The van der Waals surface area contributed by atoms with Gasteiger partial charge in [0.15, 0.2) is 6.29 Å². The van der Waals surface area contributed by atoms with Crippen molar-refractivity contribution in [3.8, 4) is 0 Å². The highest BCUT2D eigenvalue weighted by atomic mass is 16.6. The predicted molar refractivity (Wildman–Crippen MR) is 188 cm³/mol. The van der Waals surface area contributed by atoms with Gasteiger partial charge >= 0.3 is 5.97 Å². The summed E-state index contributed by atoms with van der Waals surface area (Å²) in [5.74, 6) is 1.55. The van der Waals surface area contributed by atoms with Crippen molar-refractivity contribution in [2.45, 2.75) is 194 Å². The maximum Gasteiger partial charge on any atom is 0.305 e. The Morgan fingerprint density at radius 1 is 0.682 bits per heavy atom. The van der Waals surface area contributed by atoms with Gasteiger partial charge in [0.05, 0.1) is 13.2 Å². The summed E-state index contributed by atoms with van der Waals surface area (Å²) in [7, 11) is 2.13. The molecule has 1 fully saturated rings. The fraction of sp³-hybridized carbons (Fsp3) is 0.974. The summed E-state index contributed by atoms with van der Waals surface area (Å²) >= 11 is 0. The van der Waals surface area contributed by atoms with Crippen LogP contribution in [-0.4, -0.2) is 55.6 Å². The highest BCUT2D eigenvalue weighted by molar-refractivity contribution is 5.69. The molecule has 262 valence electrons. The fourth-order valence-electron chi connectivity index (χ4n) is 6.89. The Morgan fingerprint density at radius 3 is 1.70 bits per heavy atom. The maximum atomic E-state index is 12.3. The van der Waals surface area contributed by atoms with Gasteiger partial charge in [-0.25, -0.2) is 0 Å². The van der Waals surface area contributed by atoms with E-state index in [1.54, 1.807) is 0 Å². The Morgan fingerprint density at radius 2 is 1.16 bits per heavy atom. The molecular formula is C39H77NO4. The monoisotopic (exact) mass is 624 g/mol. The van der Waals surface area contributed by atoms with Crippen LogP contribution < -0.4 is 0 Å². The summed E-state index contributed by atoms with van der Waals surface area (Å²) in [4.78, 5) is 14.6. The predicted octanol–water partition coefficient (Wildman–Crippen LogP) is 10.9. The van der Waals surface area contributed by atoms with E-state index >= 15 is 0 Å². The first-order valence-electron chi connectivity index (χ1n) is 19.6. The summed E-state index contributed by atoms with van der Waals surface area (Å²) in [6.07, 6.45) is 31.3. The summed E-state index contributed by atoms with van der Waals surface area (Å²) in [6.45, 7) is 10.1. The van der Waals surface area contributed by atoms with Gasteiger partial charge in [-0.1, -0.05) is 149 Å². The second-order valence-corrected chi connectivity index (χ2v) is 14.3. The third-order valence-electron chi connectivity index (χ3n) is 10.0. The van der Waals surface area contributed by atoms with Crippen LogP contribution in [-0.2, 0) is 14.3 Å². The number of rotatable bonds is 32. The Hall–Kier alpha value is -0.650. The van der Waals surface area contributed by atoms with E-state index in [4.69, 9.17) is 9.47 Å². The normalized spacial score (nSPS) is 17.0. The molecule has 1 saturated heterocycles. The SMILES string of the molecule is CCCCCCCCCC(CCCCCCCCC(=O)OCCC(CCCCC)CCCCC)COC(O)C1CCN(C)C1. The highest BCUT2D eigenvalue weighted by Crippen LogP contribution is 2.24. The second kappa shape index (κ2) is 29.7. The molecule has 5 nitrogen and oxygen atoms in total. The Labute approximate surface area is 275 Å². The maximum absolute atomic E-state index is 12.3. The average molecular weight is 624 g/mol. The molecule has 5 heteroatoms. The first kappa shape index (κ1) is 41.4. The standard InChI is InChI=1S/C39H77NO4/c1-5-8-11-12-13-16-21-26-36(34-44-39(42)37-29-31-40(4)33-37)27-22-17-14-15-18-23-28-38(41)43-32-30-35(24-19-9-6-2)25-20-10-7-3/h35-37,39,42H,5-34H2,1-4H3. The minimum atomic E-state index is -0.610. The van der Waals surface area contributed by atoms with Gasteiger partial charge in [-0.05, 0) is 57.5 Å². The lowest BCUT2D eigenvalue weighted by Gasteiger charge is -2.23. The molecule has 0 bridgehead atoms. The number of esters is 1. The number of unbranched alkanes of at least 4 members (excludes halogenated alkanes) is 15. The van der Waals surface area contributed by atoms with Gasteiger partial charge in [0.2, 0.25) is 0 Å². The average Bonchev–Trinajstić information content (AvgIpc) is 3.46. The van der Waals surface area contributed by atoms with Gasteiger partial charge in [0.25, 0.3) is 0 Å². The molecule has 0 radical (unpaired) electrons. The van der Waals surface area contributed by atoms with Crippen LogP contribution in [0.1, 0.15) is 188 Å². The number of hydrogen-bond acceptors (Lipinski definition) is 5. The number of ether oxygens (including phenoxy) is 2. The smallest absolute Gasteiger partial charge is 0.305 e. The lowest BCUT2D eigenvalue weighted by molar-refractivity contribution is -0.144. The van der Waals surface area contributed by atoms with E-state index in [1.807, 2.05) is 0 Å². The van der Waals surface area contributed by atoms with E-state index < -0.39 is 6.29 Å². The largest absolute Gasteiger partial charge is 0.466 e. The van der Waals surface area contributed by atoms with Gasteiger partial charge in [-0.3, -0.25) is 4.79 Å². The first-order chi connectivity index (χ1) is 21.5. The molecule has 3 atom stereocenters. The van der Waals surface area contributed by atoms with Crippen molar-refractivity contribution in [1.29, 1.82) is 0 Å². The fourth-order valence-corrected chi connectivity index (χ4v) is 6.89. The van der Waals surface area contributed by atoms with Gasteiger partial charge < -0.3 is 19.5 Å². The molecule has 0 aromatic rings. The van der Waals surface area contributed by atoms with Crippen molar-refractivity contribution in [3.05, 3.63) is 0 Å². The third kappa shape index (κ3) is 23.7. The molecule has 0 aromatic carbocycles. The number of carbonyl (C=O) groups is 1. The minimum absolute atomic E-state index is 0.00510. The van der Waals surface area contributed by atoms with Crippen LogP contribution in [0.4, 0.5) is 0 Å². The van der Waals surface area contributed by atoms with E-state index in [9.17, 15) is 9.90 Å². The van der Waals surface area contributed by atoms with Crippen molar-refractivity contribution in [1.82, 2.24) is 4.90 Å². The summed E-state index contributed by atoms with van der Waals surface area (Å²) in [5.41, 5.74) is 0. The van der Waals surface area contributed by atoms with Crippen molar-refractivity contribution in [2.75, 3.05) is 33.4 Å². The number of likely N-dealkylation sites (tertiary alicyclic amines) is 1. The molecule has 44 heavy (non-hydrogen) atoms. The van der Waals surface area contributed by atoms with E-state index in [0.29, 0.717) is 25.6 Å². The van der Waals surface area contributed by atoms with Gasteiger partial charge in [-0.15, -0.1) is 0 Å². The Balaban J connectivity index is 2.18. The molecule has 0 aromatic heterocycles. The molecule has 1 aliphatic heterocycles. The van der Waals surface area contributed by atoms with Crippen LogP contribution >= 0.6 is 0 Å². The van der Waals surface area contributed by atoms with Gasteiger partial charge in [0.1, 0.15) is 0 Å². The topological polar surface area (TPSA) is 59.0 Å². The summed E-state index contributed by atoms with van der Waals surface area (Å²) in [5, 5.41) is 10.6. The second-order valence-electron chi connectivity index (χ2n) is 14.3. The lowest BCUT2D eigenvalue weighted by atomic mass is 9.92. The van der Waals surface area contributed by atoms with E-state index in [-0.39, 0.29) is 11.9 Å². The number of aliphatic hydroxyl groups is 1. The number of aliphatic hydroxyl groups excluding tert-OH is 1. The molecule has 1 rings (SSSR count). The number of nitrogens with zero attached hydrogens (tertiary/aromatic N) is 1. The van der Waals surface area contributed by atoms with Crippen molar-refractivity contribution >= 4 is 5.97 Å². The van der Waals surface area contributed by atoms with Crippen molar-refractivity contribution in [3.63, 3.8) is 0 Å². The molecule has 0 saturated carbocycles. The van der Waals surface area contributed by atoms with Crippen LogP contribution in [0.3, 0.4) is 0 Å². The number of hydrogen-bond donors (Lipinski definition) is 1. The molecule has 0 amide bonds. The van der Waals surface area contributed by atoms with Crippen LogP contribution in [0.5, 0.6) is 0 Å². The highest BCUT2D eigenvalue weighted by Gasteiger charge is 2.27. The van der Waals surface area contributed by atoms with Crippen molar-refractivity contribution < 1.29 is 19.4 Å². The molecule has 1 aliphatic rings. The van der Waals surface area contributed by atoms with Crippen LogP contribution in [0.2, 0.25) is 0 Å². The quantitative estimate of drug-likeness (QED) is 0.0459. The third-order valence-corrected chi connectivity index (χ3v) is 10.0. The zero-order valence-electron chi connectivity index (χ0n) is 30.1. The number of carbonyl (C=O) groups excluding carboxylic acids is 1. The molecule has 1 N–H and O–H groups in total. The van der Waals surface area contributed by atoms with Crippen LogP contribution in [0.25, 0.3) is 0 Å². The molecular weight excluding hydrogens is 546 g/mol. The van der Waals surface area contributed by atoms with Crippen molar-refractivity contribution in [2.24, 2.45) is 17.8 Å². The molecule has 0 aliphatic carbocycles. The molecule has 1 heterocycles. The minimum Gasteiger partial charge on any atom is -0.466 e.